The Bertz CT molecular complexity index is 445. The summed E-state index contributed by atoms with van der Waals surface area (Å²) in [7, 11) is 0. The monoisotopic (exact) mass is 269 g/mol. The number of unbranched alkanes of at least 4 members (excludes halogenated alkanes) is 2. The van der Waals surface area contributed by atoms with Crippen LogP contribution in [-0.4, -0.2) is 0 Å². The second-order valence-electron chi connectivity index (χ2n) is 7.81. The van der Waals surface area contributed by atoms with E-state index >= 15 is 0 Å². The van der Waals surface area contributed by atoms with E-state index in [-0.39, 0.29) is 0 Å². The van der Waals surface area contributed by atoms with E-state index < -0.39 is 0 Å². The van der Waals surface area contributed by atoms with Crippen LogP contribution in [0.15, 0.2) is 12.2 Å². The molecule has 108 valence electrons. The summed E-state index contributed by atoms with van der Waals surface area (Å²) in [4.78, 5) is 0. The largest absolute Gasteiger partial charge is 0.198 e. The van der Waals surface area contributed by atoms with Crippen LogP contribution in [0.3, 0.4) is 0 Å². The number of nitriles is 1. The van der Waals surface area contributed by atoms with E-state index in [2.05, 4.69) is 25.1 Å². The molecule has 3 fully saturated rings. The van der Waals surface area contributed by atoms with Gasteiger partial charge in [0.15, 0.2) is 0 Å². The smallest absolute Gasteiger partial charge is 0.0621 e. The third-order valence-electron chi connectivity index (χ3n) is 7.31. The molecule has 0 aromatic rings. The number of nitrogens with zero attached hydrogens (tertiary/aromatic N) is 1. The van der Waals surface area contributed by atoms with E-state index in [4.69, 9.17) is 5.26 Å². The van der Waals surface area contributed by atoms with Gasteiger partial charge in [0.2, 0.25) is 0 Å². The van der Waals surface area contributed by atoms with Crippen LogP contribution in [0.1, 0.15) is 51.9 Å². The summed E-state index contributed by atoms with van der Waals surface area (Å²) < 4.78 is 0. The van der Waals surface area contributed by atoms with Gasteiger partial charge in [0.05, 0.1) is 6.07 Å². The quantitative estimate of drug-likeness (QED) is 0.399. The highest BCUT2D eigenvalue weighted by Crippen LogP contribution is 2.69. The molecule has 0 spiro atoms. The number of rotatable bonds is 5. The molecule has 4 bridgehead atoms. The summed E-state index contributed by atoms with van der Waals surface area (Å²) >= 11 is 0. The van der Waals surface area contributed by atoms with Crippen LogP contribution in [-0.2, 0) is 0 Å². The Morgan fingerprint density at radius 3 is 2.35 bits per heavy atom. The molecule has 0 heterocycles. The number of hydrogen-bond donors (Lipinski definition) is 0. The molecular formula is C19H27N. The molecule has 1 nitrogen and oxygen atoms in total. The normalized spacial score (nSPS) is 50.6. The SMILES string of the molecule is CCC1C(CCCCC#N)C2CC1C1C3C=CC(C3)C21. The van der Waals surface area contributed by atoms with E-state index in [0.29, 0.717) is 0 Å². The molecule has 1 heteroatoms. The minimum absolute atomic E-state index is 0.761. The molecule has 0 radical (unpaired) electrons. The minimum Gasteiger partial charge on any atom is -0.198 e. The van der Waals surface area contributed by atoms with Gasteiger partial charge in [-0.25, -0.2) is 0 Å². The molecule has 4 rings (SSSR count). The molecule has 4 aliphatic carbocycles. The lowest BCUT2D eigenvalue weighted by Crippen LogP contribution is -2.36. The van der Waals surface area contributed by atoms with Crippen molar-refractivity contribution in [1.82, 2.24) is 0 Å². The van der Waals surface area contributed by atoms with Crippen molar-refractivity contribution in [2.45, 2.75) is 51.9 Å². The lowest BCUT2D eigenvalue weighted by molar-refractivity contribution is 0.0785. The van der Waals surface area contributed by atoms with Crippen molar-refractivity contribution >= 4 is 0 Å². The first-order valence-corrected chi connectivity index (χ1v) is 8.90. The predicted molar refractivity (Wildman–Crippen MR) is 80.7 cm³/mol. The lowest BCUT2D eigenvalue weighted by atomic mass is 9.63. The van der Waals surface area contributed by atoms with Gasteiger partial charge in [0, 0.05) is 6.42 Å². The zero-order valence-electron chi connectivity index (χ0n) is 12.7. The summed E-state index contributed by atoms with van der Waals surface area (Å²) in [6.45, 7) is 2.42. The van der Waals surface area contributed by atoms with Gasteiger partial charge in [0.25, 0.3) is 0 Å². The van der Waals surface area contributed by atoms with Crippen LogP contribution in [0.4, 0.5) is 0 Å². The number of hydrogen-bond acceptors (Lipinski definition) is 1. The molecule has 4 aliphatic rings. The third kappa shape index (κ3) is 1.66. The standard InChI is InChI=1S/C19H27N/c1-2-14-15(6-4-3-5-9-20)17-11-16(14)18-12-7-8-13(10-12)19(17)18/h7-8,12-19H,2-6,10-11H2,1H3. The van der Waals surface area contributed by atoms with Crippen LogP contribution in [0.5, 0.6) is 0 Å². The van der Waals surface area contributed by atoms with Crippen molar-refractivity contribution in [3.8, 4) is 6.07 Å². The van der Waals surface area contributed by atoms with Gasteiger partial charge in [-0.2, -0.15) is 5.26 Å². The van der Waals surface area contributed by atoms with Gasteiger partial charge in [-0.05, 0) is 73.0 Å². The first-order valence-electron chi connectivity index (χ1n) is 8.90. The second kappa shape index (κ2) is 4.90. The molecule has 20 heavy (non-hydrogen) atoms. The Balaban J connectivity index is 1.48. The number of allylic oxidation sites excluding steroid dienone is 2. The first kappa shape index (κ1) is 12.9. The summed E-state index contributed by atoms with van der Waals surface area (Å²) in [6, 6.07) is 2.30. The summed E-state index contributed by atoms with van der Waals surface area (Å²) in [5, 5.41) is 8.70. The Morgan fingerprint density at radius 2 is 1.70 bits per heavy atom. The Labute approximate surface area is 123 Å². The van der Waals surface area contributed by atoms with Gasteiger partial charge >= 0.3 is 0 Å². The molecular weight excluding hydrogens is 242 g/mol. The van der Waals surface area contributed by atoms with Crippen molar-refractivity contribution in [3.63, 3.8) is 0 Å². The summed E-state index contributed by atoms with van der Waals surface area (Å²) in [5.41, 5.74) is 0. The zero-order chi connectivity index (χ0) is 13.7. The summed E-state index contributed by atoms with van der Waals surface area (Å²) in [6.07, 6.45) is 14.1. The van der Waals surface area contributed by atoms with Crippen molar-refractivity contribution in [2.24, 2.45) is 47.3 Å². The van der Waals surface area contributed by atoms with E-state index in [0.717, 1.165) is 60.2 Å². The average molecular weight is 269 g/mol. The van der Waals surface area contributed by atoms with Crippen LogP contribution in [0, 0.1) is 58.7 Å². The fraction of sp³-hybridized carbons (Fsp3) is 0.842. The van der Waals surface area contributed by atoms with Gasteiger partial charge < -0.3 is 0 Å². The van der Waals surface area contributed by atoms with E-state index in [1.165, 1.54) is 25.7 Å². The van der Waals surface area contributed by atoms with Gasteiger partial charge in [-0.3, -0.25) is 0 Å². The van der Waals surface area contributed by atoms with Crippen molar-refractivity contribution < 1.29 is 0 Å². The maximum atomic E-state index is 8.70. The van der Waals surface area contributed by atoms with Crippen molar-refractivity contribution in [2.75, 3.05) is 0 Å². The molecule has 3 saturated carbocycles. The molecule has 0 amide bonds. The highest BCUT2D eigenvalue weighted by Gasteiger charge is 2.63. The highest BCUT2D eigenvalue weighted by molar-refractivity contribution is 5.21. The topological polar surface area (TPSA) is 23.8 Å². The predicted octanol–water partition coefficient (Wildman–Crippen LogP) is 4.80. The van der Waals surface area contributed by atoms with Crippen molar-refractivity contribution in [3.05, 3.63) is 12.2 Å². The molecule has 0 saturated heterocycles. The molecule has 0 N–H and O–H groups in total. The molecule has 8 unspecified atom stereocenters. The van der Waals surface area contributed by atoms with Crippen LogP contribution in [0.25, 0.3) is 0 Å². The fourth-order valence-corrected chi connectivity index (χ4v) is 6.91. The van der Waals surface area contributed by atoms with E-state index in [9.17, 15) is 0 Å². The van der Waals surface area contributed by atoms with Crippen LogP contribution < -0.4 is 0 Å². The first-order chi connectivity index (χ1) is 9.85. The Kier molecular flexibility index (Phi) is 3.17. The average Bonchev–Trinajstić information content (AvgIpc) is 3.19. The van der Waals surface area contributed by atoms with Gasteiger partial charge in [-0.1, -0.05) is 31.9 Å². The zero-order valence-corrected chi connectivity index (χ0v) is 12.7. The maximum absolute atomic E-state index is 8.70. The van der Waals surface area contributed by atoms with Crippen LogP contribution in [0.2, 0.25) is 0 Å². The Morgan fingerprint density at radius 1 is 1.00 bits per heavy atom. The minimum atomic E-state index is 0.761. The Hall–Kier alpha value is -0.770. The van der Waals surface area contributed by atoms with E-state index in [1.807, 2.05) is 0 Å². The molecule has 0 aromatic carbocycles. The second-order valence-corrected chi connectivity index (χ2v) is 7.81. The lowest BCUT2D eigenvalue weighted by Gasteiger charge is -2.42. The summed E-state index contributed by atoms with van der Waals surface area (Å²) in [5.74, 6) is 8.11. The third-order valence-corrected chi connectivity index (χ3v) is 7.31. The fourth-order valence-electron chi connectivity index (χ4n) is 6.91. The van der Waals surface area contributed by atoms with Crippen molar-refractivity contribution in [1.29, 1.82) is 5.26 Å². The van der Waals surface area contributed by atoms with E-state index in [1.54, 1.807) is 6.42 Å². The highest BCUT2D eigenvalue weighted by atomic mass is 14.7. The van der Waals surface area contributed by atoms with Gasteiger partial charge in [-0.15, -0.1) is 0 Å². The number of fused-ring (bicyclic) bond motifs is 9. The van der Waals surface area contributed by atoms with Gasteiger partial charge in [0.1, 0.15) is 0 Å². The van der Waals surface area contributed by atoms with Crippen LogP contribution >= 0.6 is 0 Å². The molecule has 8 atom stereocenters. The maximum Gasteiger partial charge on any atom is 0.0621 e. The molecule has 0 aliphatic heterocycles. The molecule has 0 aromatic heterocycles.